The molecule has 0 bridgehead atoms. The maximum atomic E-state index is 13.6. The van der Waals surface area contributed by atoms with Crippen molar-refractivity contribution in [3.8, 4) is 5.69 Å². The van der Waals surface area contributed by atoms with Crippen molar-refractivity contribution in [1.29, 1.82) is 0 Å². The molecule has 29 heavy (non-hydrogen) atoms. The van der Waals surface area contributed by atoms with Gasteiger partial charge in [-0.15, -0.1) is 0 Å². The zero-order chi connectivity index (χ0) is 21.4. The highest BCUT2D eigenvalue weighted by Gasteiger charge is 2.40. The molecule has 1 N–H and O–H groups in total. The SMILES string of the molecule is O=C(Nc1ccc(C(F)(F)F)cc1)c1cnn(-c2ccc(Cl)cc2)c1C(F)(F)F. The zero-order valence-electron chi connectivity index (χ0n) is 14.1. The molecular weight excluding hydrogens is 424 g/mol. The van der Waals surface area contributed by atoms with Gasteiger partial charge in [0, 0.05) is 10.7 Å². The predicted molar refractivity (Wildman–Crippen MR) is 93.0 cm³/mol. The van der Waals surface area contributed by atoms with Crippen LogP contribution >= 0.6 is 11.6 Å². The molecule has 0 radical (unpaired) electrons. The van der Waals surface area contributed by atoms with E-state index in [0.29, 0.717) is 21.8 Å². The summed E-state index contributed by atoms with van der Waals surface area (Å²) in [7, 11) is 0. The van der Waals surface area contributed by atoms with E-state index in [9.17, 15) is 31.1 Å². The summed E-state index contributed by atoms with van der Waals surface area (Å²) >= 11 is 5.73. The molecule has 0 fully saturated rings. The molecule has 3 rings (SSSR count). The molecule has 3 aromatic rings. The third-order valence-electron chi connectivity index (χ3n) is 3.82. The number of hydrogen-bond donors (Lipinski definition) is 1. The van der Waals surface area contributed by atoms with Crippen molar-refractivity contribution in [3.05, 3.63) is 76.6 Å². The summed E-state index contributed by atoms with van der Waals surface area (Å²) in [5, 5.41) is 6.08. The molecule has 0 saturated carbocycles. The summed E-state index contributed by atoms with van der Waals surface area (Å²) in [4.78, 5) is 12.4. The molecule has 0 aliphatic heterocycles. The third kappa shape index (κ3) is 4.53. The average molecular weight is 434 g/mol. The molecule has 0 aliphatic carbocycles. The average Bonchev–Trinajstić information content (AvgIpc) is 3.08. The molecule has 1 amide bonds. The lowest BCUT2D eigenvalue weighted by molar-refractivity contribution is -0.143. The fourth-order valence-corrected chi connectivity index (χ4v) is 2.63. The normalized spacial score (nSPS) is 12.1. The second-order valence-electron chi connectivity index (χ2n) is 5.82. The predicted octanol–water partition coefficient (Wildman–Crippen LogP) is 5.82. The van der Waals surface area contributed by atoms with E-state index in [1.807, 2.05) is 0 Å². The van der Waals surface area contributed by atoms with E-state index < -0.39 is 35.1 Å². The van der Waals surface area contributed by atoms with Gasteiger partial charge in [0.2, 0.25) is 0 Å². The van der Waals surface area contributed by atoms with Crippen molar-refractivity contribution in [2.45, 2.75) is 12.4 Å². The molecule has 1 aromatic heterocycles. The summed E-state index contributed by atoms with van der Waals surface area (Å²) in [5.74, 6) is -1.17. The number of rotatable bonds is 3. The highest BCUT2D eigenvalue weighted by atomic mass is 35.5. The lowest BCUT2D eigenvalue weighted by Gasteiger charge is -2.13. The van der Waals surface area contributed by atoms with Crippen molar-refractivity contribution in [2.24, 2.45) is 0 Å². The fraction of sp³-hybridized carbons (Fsp3) is 0.111. The maximum Gasteiger partial charge on any atom is 0.434 e. The van der Waals surface area contributed by atoms with E-state index in [1.54, 1.807) is 0 Å². The quantitative estimate of drug-likeness (QED) is 0.529. The Labute approximate surface area is 164 Å². The van der Waals surface area contributed by atoms with Gasteiger partial charge in [0.25, 0.3) is 5.91 Å². The van der Waals surface area contributed by atoms with Gasteiger partial charge >= 0.3 is 12.4 Å². The maximum absolute atomic E-state index is 13.6. The number of anilines is 1. The van der Waals surface area contributed by atoms with E-state index >= 15 is 0 Å². The molecule has 0 saturated heterocycles. The van der Waals surface area contributed by atoms with Gasteiger partial charge < -0.3 is 5.32 Å². The van der Waals surface area contributed by atoms with Crippen LogP contribution in [0.3, 0.4) is 0 Å². The number of carbonyl (C=O) groups is 1. The topological polar surface area (TPSA) is 46.9 Å². The lowest BCUT2D eigenvalue weighted by atomic mass is 10.1. The van der Waals surface area contributed by atoms with Gasteiger partial charge in [-0.25, -0.2) is 4.68 Å². The third-order valence-corrected chi connectivity index (χ3v) is 4.08. The van der Waals surface area contributed by atoms with Crippen LogP contribution in [0, 0.1) is 0 Å². The first-order chi connectivity index (χ1) is 13.5. The lowest BCUT2D eigenvalue weighted by Crippen LogP contribution is -2.20. The van der Waals surface area contributed by atoms with Crippen LogP contribution in [0.2, 0.25) is 5.02 Å². The summed E-state index contributed by atoms with van der Waals surface area (Å²) in [6, 6.07) is 8.61. The molecule has 4 nitrogen and oxygen atoms in total. The van der Waals surface area contributed by atoms with Crippen LogP contribution in [0.15, 0.2) is 54.7 Å². The van der Waals surface area contributed by atoms with Crippen molar-refractivity contribution in [3.63, 3.8) is 0 Å². The number of alkyl halides is 6. The molecule has 2 aromatic carbocycles. The van der Waals surface area contributed by atoms with Crippen LogP contribution < -0.4 is 5.32 Å². The highest BCUT2D eigenvalue weighted by Crippen LogP contribution is 2.34. The Balaban J connectivity index is 1.94. The second-order valence-corrected chi connectivity index (χ2v) is 6.26. The Morgan fingerprint density at radius 2 is 1.48 bits per heavy atom. The van der Waals surface area contributed by atoms with Gasteiger partial charge in [-0.3, -0.25) is 4.79 Å². The number of benzene rings is 2. The van der Waals surface area contributed by atoms with Crippen LogP contribution in [-0.2, 0) is 12.4 Å². The molecule has 0 aliphatic rings. The standard InChI is InChI=1S/C18H10ClF6N3O/c19-11-3-7-13(8-4-11)28-15(18(23,24)25)14(9-26-28)16(29)27-12-5-1-10(2-6-12)17(20,21)22/h1-9H,(H,27,29). The molecule has 0 unspecified atom stereocenters. The largest absolute Gasteiger partial charge is 0.434 e. The van der Waals surface area contributed by atoms with E-state index in [0.717, 1.165) is 18.3 Å². The monoisotopic (exact) mass is 433 g/mol. The number of aromatic nitrogens is 2. The van der Waals surface area contributed by atoms with E-state index in [-0.39, 0.29) is 11.4 Å². The van der Waals surface area contributed by atoms with E-state index in [1.165, 1.54) is 24.3 Å². The van der Waals surface area contributed by atoms with E-state index in [2.05, 4.69) is 10.4 Å². The fourth-order valence-electron chi connectivity index (χ4n) is 2.51. The zero-order valence-corrected chi connectivity index (χ0v) is 14.9. The molecule has 152 valence electrons. The summed E-state index contributed by atoms with van der Waals surface area (Å²) in [6.45, 7) is 0. The van der Waals surface area contributed by atoms with E-state index in [4.69, 9.17) is 11.6 Å². The van der Waals surface area contributed by atoms with Gasteiger partial charge in [0.1, 0.15) is 0 Å². The first-order valence-electron chi connectivity index (χ1n) is 7.86. The van der Waals surface area contributed by atoms with Crippen LogP contribution in [0.5, 0.6) is 0 Å². The van der Waals surface area contributed by atoms with Crippen molar-refractivity contribution in [1.82, 2.24) is 9.78 Å². The Bertz CT molecular complexity index is 1020. The number of nitrogens with zero attached hydrogens (tertiary/aromatic N) is 2. The minimum absolute atomic E-state index is 0.0234. The number of amides is 1. The van der Waals surface area contributed by atoms with Gasteiger partial charge in [0.05, 0.1) is 23.0 Å². The number of hydrogen-bond acceptors (Lipinski definition) is 2. The molecule has 0 spiro atoms. The van der Waals surface area contributed by atoms with Crippen LogP contribution in [0.25, 0.3) is 5.69 Å². The van der Waals surface area contributed by atoms with Crippen molar-refractivity contribution in [2.75, 3.05) is 5.32 Å². The van der Waals surface area contributed by atoms with Gasteiger partial charge in [-0.2, -0.15) is 31.4 Å². The van der Waals surface area contributed by atoms with Gasteiger partial charge in [-0.1, -0.05) is 11.6 Å². The number of nitrogens with one attached hydrogen (secondary N) is 1. The summed E-state index contributed by atoms with van der Waals surface area (Å²) in [5.41, 5.74) is -3.15. The Morgan fingerprint density at radius 3 is 2.00 bits per heavy atom. The van der Waals surface area contributed by atoms with Crippen LogP contribution in [-0.4, -0.2) is 15.7 Å². The Kier molecular flexibility index (Phi) is 5.31. The molecular formula is C18H10ClF6N3O. The van der Waals surface area contributed by atoms with Crippen molar-refractivity contribution >= 4 is 23.2 Å². The number of halogens is 7. The Hall–Kier alpha value is -3.01. The Morgan fingerprint density at radius 1 is 0.897 bits per heavy atom. The minimum atomic E-state index is -4.93. The molecule has 0 atom stereocenters. The summed E-state index contributed by atoms with van der Waals surface area (Å²) in [6.07, 6.45) is -8.77. The summed E-state index contributed by atoms with van der Waals surface area (Å²) < 4.78 is 79.1. The highest BCUT2D eigenvalue weighted by molar-refractivity contribution is 6.30. The smallest absolute Gasteiger partial charge is 0.322 e. The van der Waals surface area contributed by atoms with Gasteiger partial charge in [-0.05, 0) is 48.5 Å². The van der Waals surface area contributed by atoms with Crippen molar-refractivity contribution < 1.29 is 31.1 Å². The van der Waals surface area contributed by atoms with Crippen LogP contribution in [0.4, 0.5) is 32.0 Å². The first kappa shape index (κ1) is 20.7. The molecule has 1 heterocycles. The first-order valence-corrected chi connectivity index (χ1v) is 8.24. The second kappa shape index (κ2) is 7.43. The van der Waals surface area contributed by atoms with Crippen LogP contribution in [0.1, 0.15) is 21.6 Å². The number of carbonyl (C=O) groups excluding carboxylic acids is 1. The molecule has 11 heteroatoms. The minimum Gasteiger partial charge on any atom is -0.322 e. The van der Waals surface area contributed by atoms with Gasteiger partial charge in [0.15, 0.2) is 5.69 Å².